The molecular formula is C15H15NO2. The van der Waals surface area contributed by atoms with Gasteiger partial charge in [0.1, 0.15) is 5.75 Å². The average molecular weight is 241 g/mol. The molecule has 92 valence electrons. The third-order valence-electron chi connectivity index (χ3n) is 2.70. The van der Waals surface area contributed by atoms with Gasteiger partial charge in [0.25, 0.3) is 0 Å². The minimum absolute atomic E-state index is 0.00897. The zero-order chi connectivity index (χ0) is 13.0. The Hall–Kier alpha value is -2.29. The van der Waals surface area contributed by atoms with Crippen molar-refractivity contribution in [2.24, 2.45) is 0 Å². The normalized spacial score (nSPS) is 10.1. The Morgan fingerprint density at radius 3 is 2.39 bits per heavy atom. The number of amides is 1. The van der Waals surface area contributed by atoms with Crippen molar-refractivity contribution in [1.29, 1.82) is 0 Å². The number of phenols is 1. The first kappa shape index (κ1) is 12.2. The molecule has 0 bridgehead atoms. The van der Waals surface area contributed by atoms with Crippen molar-refractivity contribution in [2.45, 2.75) is 13.3 Å². The number of phenolic OH excluding ortho intramolecular Hbond substituents is 1. The summed E-state index contributed by atoms with van der Waals surface area (Å²) in [6.45, 7) is 1.81. The van der Waals surface area contributed by atoms with Gasteiger partial charge in [0, 0.05) is 17.7 Å². The Morgan fingerprint density at radius 1 is 1.11 bits per heavy atom. The van der Waals surface area contributed by atoms with Crippen molar-refractivity contribution in [3.05, 3.63) is 48.5 Å². The summed E-state index contributed by atoms with van der Waals surface area (Å²) in [6.07, 6.45) is 0.460. The molecule has 2 rings (SSSR count). The van der Waals surface area contributed by atoms with Crippen LogP contribution in [0, 0.1) is 0 Å². The summed E-state index contributed by atoms with van der Waals surface area (Å²) in [5.41, 5.74) is 2.47. The van der Waals surface area contributed by atoms with E-state index in [1.54, 1.807) is 12.1 Å². The third-order valence-corrected chi connectivity index (χ3v) is 2.70. The van der Waals surface area contributed by atoms with E-state index in [4.69, 9.17) is 0 Å². The first-order valence-corrected chi connectivity index (χ1v) is 5.89. The Labute approximate surface area is 106 Å². The van der Waals surface area contributed by atoms with Crippen molar-refractivity contribution < 1.29 is 9.90 Å². The zero-order valence-corrected chi connectivity index (χ0v) is 10.2. The lowest BCUT2D eigenvalue weighted by molar-refractivity contribution is -0.115. The summed E-state index contributed by atoms with van der Waals surface area (Å²) in [4.78, 5) is 11.2. The maximum absolute atomic E-state index is 11.2. The molecule has 2 N–H and O–H groups in total. The van der Waals surface area contributed by atoms with E-state index >= 15 is 0 Å². The fourth-order valence-electron chi connectivity index (χ4n) is 1.70. The van der Waals surface area contributed by atoms with Crippen LogP contribution in [-0.4, -0.2) is 11.0 Å². The molecule has 0 saturated heterocycles. The Morgan fingerprint density at radius 2 is 1.78 bits per heavy atom. The van der Waals surface area contributed by atoms with Gasteiger partial charge in [-0.1, -0.05) is 37.3 Å². The van der Waals surface area contributed by atoms with Gasteiger partial charge in [-0.25, -0.2) is 0 Å². The second kappa shape index (κ2) is 5.36. The molecule has 18 heavy (non-hydrogen) atoms. The van der Waals surface area contributed by atoms with E-state index in [9.17, 15) is 9.90 Å². The molecule has 0 atom stereocenters. The fraction of sp³-hybridized carbons (Fsp3) is 0.133. The van der Waals surface area contributed by atoms with Crippen LogP contribution in [-0.2, 0) is 4.79 Å². The smallest absolute Gasteiger partial charge is 0.224 e. The van der Waals surface area contributed by atoms with Crippen LogP contribution in [0.4, 0.5) is 5.69 Å². The molecule has 0 aliphatic carbocycles. The highest BCUT2D eigenvalue weighted by Crippen LogP contribution is 2.29. The van der Waals surface area contributed by atoms with Crippen LogP contribution in [0.25, 0.3) is 11.1 Å². The van der Waals surface area contributed by atoms with Crippen LogP contribution in [0.3, 0.4) is 0 Å². The van der Waals surface area contributed by atoms with Crippen LogP contribution in [0.1, 0.15) is 13.3 Å². The van der Waals surface area contributed by atoms with E-state index in [0.717, 1.165) is 16.8 Å². The van der Waals surface area contributed by atoms with Crippen molar-refractivity contribution in [3.63, 3.8) is 0 Å². The molecular weight excluding hydrogens is 226 g/mol. The van der Waals surface area contributed by atoms with Gasteiger partial charge in [-0.15, -0.1) is 0 Å². The molecule has 3 nitrogen and oxygen atoms in total. The average Bonchev–Trinajstić information content (AvgIpc) is 2.40. The van der Waals surface area contributed by atoms with Crippen molar-refractivity contribution in [1.82, 2.24) is 0 Å². The van der Waals surface area contributed by atoms with Crippen LogP contribution >= 0.6 is 0 Å². The minimum Gasteiger partial charge on any atom is -0.507 e. The molecule has 3 heteroatoms. The number of para-hydroxylation sites is 1. The summed E-state index contributed by atoms with van der Waals surface area (Å²) >= 11 is 0. The number of benzene rings is 2. The summed E-state index contributed by atoms with van der Waals surface area (Å²) in [5, 5.41) is 12.5. The molecule has 0 radical (unpaired) electrons. The van der Waals surface area contributed by atoms with Crippen LogP contribution in [0.15, 0.2) is 48.5 Å². The molecule has 2 aromatic rings. The van der Waals surface area contributed by atoms with E-state index in [-0.39, 0.29) is 11.7 Å². The second-order valence-corrected chi connectivity index (χ2v) is 4.00. The van der Waals surface area contributed by atoms with Gasteiger partial charge in [0.15, 0.2) is 0 Å². The van der Waals surface area contributed by atoms with Crippen LogP contribution in [0.5, 0.6) is 5.75 Å². The fourth-order valence-corrected chi connectivity index (χ4v) is 1.70. The van der Waals surface area contributed by atoms with Crippen molar-refractivity contribution in [3.8, 4) is 16.9 Å². The maximum Gasteiger partial charge on any atom is 0.224 e. The summed E-state index contributed by atoms with van der Waals surface area (Å²) in [5.74, 6) is 0.244. The molecule has 0 spiro atoms. The molecule has 1 amide bonds. The number of hydrogen-bond donors (Lipinski definition) is 2. The largest absolute Gasteiger partial charge is 0.507 e. The zero-order valence-electron chi connectivity index (χ0n) is 10.2. The maximum atomic E-state index is 11.2. The molecule has 0 aliphatic heterocycles. The van der Waals surface area contributed by atoms with Crippen LogP contribution in [0.2, 0.25) is 0 Å². The van der Waals surface area contributed by atoms with Gasteiger partial charge in [-0.2, -0.15) is 0 Å². The topological polar surface area (TPSA) is 49.3 Å². The summed E-state index contributed by atoms with van der Waals surface area (Å²) in [6, 6.07) is 14.6. The van der Waals surface area contributed by atoms with Gasteiger partial charge in [0.05, 0.1) is 0 Å². The van der Waals surface area contributed by atoms with Crippen molar-refractivity contribution in [2.75, 3.05) is 5.32 Å². The Balaban J connectivity index is 2.23. The first-order chi connectivity index (χ1) is 8.70. The van der Waals surface area contributed by atoms with Gasteiger partial charge in [-0.3, -0.25) is 4.79 Å². The predicted octanol–water partition coefficient (Wildman–Crippen LogP) is 3.41. The minimum atomic E-state index is -0.00897. The molecule has 0 heterocycles. The predicted molar refractivity (Wildman–Crippen MR) is 72.5 cm³/mol. The second-order valence-electron chi connectivity index (χ2n) is 4.00. The number of aromatic hydroxyl groups is 1. The van der Waals surface area contributed by atoms with E-state index in [1.807, 2.05) is 43.3 Å². The van der Waals surface area contributed by atoms with E-state index in [2.05, 4.69) is 5.32 Å². The van der Waals surface area contributed by atoms with E-state index in [0.29, 0.717) is 6.42 Å². The Kier molecular flexibility index (Phi) is 3.63. The number of anilines is 1. The standard InChI is InChI=1S/C15H15NO2/c1-2-15(18)16-12-9-7-11(8-10-12)13-5-3-4-6-14(13)17/h3-10,17H,2H2,1H3,(H,16,18). The lowest BCUT2D eigenvalue weighted by Gasteiger charge is -2.07. The molecule has 0 fully saturated rings. The van der Waals surface area contributed by atoms with Gasteiger partial charge < -0.3 is 10.4 Å². The lowest BCUT2D eigenvalue weighted by atomic mass is 10.0. The quantitative estimate of drug-likeness (QED) is 0.865. The number of rotatable bonds is 3. The summed E-state index contributed by atoms with van der Waals surface area (Å²) < 4.78 is 0. The third kappa shape index (κ3) is 2.69. The van der Waals surface area contributed by atoms with Gasteiger partial charge >= 0.3 is 0 Å². The lowest BCUT2D eigenvalue weighted by Crippen LogP contribution is -2.08. The Bertz CT molecular complexity index is 547. The van der Waals surface area contributed by atoms with E-state index in [1.165, 1.54) is 0 Å². The molecule has 0 aromatic heterocycles. The highest BCUT2D eigenvalue weighted by Gasteiger charge is 2.03. The van der Waals surface area contributed by atoms with E-state index < -0.39 is 0 Å². The number of carbonyl (C=O) groups excluding carboxylic acids is 1. The van der Waals surface area contributed by atoms with Gasteiger partial charge in [-0.05, 0) is 23.8 Å². The number of nitrogens with one attached hydrogen (secondary N) is 1. The molecule has 2 aromatic carbocycles. The highest BCUT2D eigenvalue weighted by atomic mass is 16.3. The summed E-state index contributed by atoms with van der Waals surface area (Å²) in [7, 11) is 0. The SMILES string of the molecule is CCC(=O)Nc1ccc(-c2ccccc2O)cc1. The highest BCUT2D eigenvalue weighted by molar-refractivity contribution is 5.90. The molecule has 0 saturated carbocycles. The monoisotopic (exact) mass is 241 g/mol. The first-order valence-electron chi connectivity index (χ1n) is 5.89. The molecule has 0 unspecified atom stereocenters. The number of hydrogen-bond acceptors (Lipinski definition) is 2. The van der Waals surface area contributed by atoms with Crippen molar-refractivity contribution >= 4 is 11.6 Å². The molecule has 0 aliphatic rings. The number of carbonyl (C=O) groups is 1. The van der Waals surface area contributed by atoms with Crippen LogP contribution < -0.4 is 5.32 Å². The van der Waals surface area contributed by atoms with Gasteiger partial charge in [0.2, 0.25) is 5.91 Å².